The highest BCUT2D eigenvalue weighted by Crippen LogP contribution is 2.15. The Bertz CT molecular complexity index is 660. The Kier molecular flexibility index (Phi) is 4.08. The summed E-state index contributed by atoms with van der Waals surface area (Å²) in [6.45, 7) is 4.71. The molecule has 114 valence electrons. The van der Waals surface area contributed by atoms with Gasteiger partial charge in [-0.15, -0.1) is 0 Å². The summed E-state index contributed by atoms with van der Waals surface area (Å²) in [7, 11) is 0. The van der Waals surface area contributed by atoms with Gasteiger partial charge in [0.25, 0.3) is 0 Å². The highest BCUT2D eigenvalue weighted by molar-refractivity contribution is 5.87. The lowest BCUT2D eigenvalue weighted by Crippen LogP contribution is -2.48. The highest BCUT2D eigenvalue weighted by Gasteiger charge is 2.20. The molecular formula is C14H17N7O. The van der Waals surface area contributed by atoms with E-state index in [1.54, 1.807) is 23.2 Å². The lowest BCUT2D eigenvalue weighted by atomic mass is 10.3. The first-order valence-electron chi connectivity index (χ1n) is 7.11. The van der Waals surface area contributed by atoms with Crippen LogP contribution in [-0.2, 0) is 4.79 Å². The Labute approximate surface area is 128 Å². The SMILES string of the molecule is CC=CC(=O)N1CCN(c2cc(-n3cncn3)ncn2)CC1. The topological polar surface area (TPSA) is 80.0 Å². The predicted octanol–water partition coefficient (Wildman–Crippen LogP) is 0.282. The first kappa shape index (κ1) is 14.2. The Morgan fingerprint density at radius 3 is 2.59 bits per heavy atom. The fourth-order valence-electron chi connectivity index (χ4n) is 2.37. The number of amides is 1. The summed E-state index contributed by atoms with van der Waals surface area (Å²) in [5.74, 6) is 1.57. The van der Waals surface area contributed by atoms with Crippen LogP contribution in [0.25, 0.3) is 5.82 Å². The third-order valence-electron chi connectivity index (χ3n) is 3.52. The molecule has 0 bridgehead atoms. The molecule has 0 N–H and O–H groups in total. The second kappa shape index (κ2) is 6.33. The van der Waals surface area contributed by atoms with Crippen molar-refractivity contribution in [2.24, 2.45) is 0 Å². The average Bonchev–Trinajstić information content (AvgIpc) is 3.10. The molecule has 0 unspecified atom stereocenters. The van der Waals surface area contributed by atoms with Crippen molar-refractivity contribution in [1.29, 1.82) is 0 Å². The van der Waals surface area contributed by atoms with E-state index < -0.39 is 0 Å². The van der Waals surface area contributed by atoms with Crippen LogP contribution in [0.3, 0.4) is 0 Å². The van der Waals surface area contributed by atoms with Crippen molar-refractivity contribution in [3.8, 4) is 5.82 Å². The van der Waals surface area contributed by atoms with Gasteiger partial charge in [0, 0.05) is 32.2 Å². The minimum absolute atomic E-state index is 0.0631. The molecule has 0 radical (unpaired) electrons. The van der Waals surface area contributed by atoms with Crippen LogP contribution in [-0.4, -0.2) is 61.7 Å². The highest BCUT2D eigenvalue weighted by atomic mass is 16.2. The molecule has 3 heterocycles. The average molecular weight is 299 g/mol. The van der Waals surface area contributed by atoms with Crippen molar-refractivity contribution >= 4 is 11.7 Å². The zero-order valence-corrected chi connectivity index (χ0v) is 12.3. The van der Waals surface area contributed by atoms with E-state index in [-0.39, 0.29) is 5.91 Å². The van der Waals surface area contributed by atoms with E-state index in [4.69, 9.17) is 0 Å². The third-order valence-corrected chi connectivity index (χ3v) is 3.52. The summed E-state index contributed by atoms with van der Waals surface area (Å²) >= 11 is 0. The molecule has 2 aromatic heterocycles. The molecule has 1 aliphatic heterocycles. The number of carbonyl (C=O) groups excluding carboxylic acids is 1. The number of allylic oxidation sites excluding steroid dienone is 1. The fourth-order valence-corrected chi connectivity index (χ4v) is 2.37. The number of nitrogens with zero attached hydrogens (tertiary/aromatic N) is 7. The third kappa shape index (κ3) is 2.95. The molecule has 0 spiro atoms. The molecule has 2 aromatic rings. The maximum Gasteiger partial charge on any atom is 0.246 e. The van der Waals surface area contributed by atoms with Gasteiger partial charge in [0.15, 0.2) is 5.82 Å². The van der Waals surface area contributed by atoms with Crippen molar-refractivity contribution in [2.75, 3.05) is 31.1 Å². The van der Waals surface area contributed by atoms with Crippen LogP contribution in [0.4, 0.5) is 5.82 Å². The van der Waals surface area contributed by atoms with Crippen LogP contribution in [0, 0.1) is 0 Å². The van der Waals surface area contributed by atoms with E-state index in [1.807, 2.05) is 17.9 Å². The van der Waals surface area contributed by atoms with E-state index in [0.717, 1.165) is 18.9 Å². The smallest absolute Gasteiger partial charge is 0.246 e. The number of rotatable bonds is 3. The lowest BCUT2D eigenvalue weighted by Gasteiger charge is -2.34. The molecule has 1 aliphatic rings. The molecule has 1 saturated heterocycles. The van der Waals surface area contributed by atoms with Crippen molar-refractivity contribution in [3.63, 3.8) is 0 Å². The molecule has 0 aliphatic carbocycles. The first-order valence-corrected chi connectivity index (χ1v) is 7.11. The number of carbonyl (C=O) groups is 1. The van der Waals surface area contributed by atoms with Gasteiger partial charge >= 0.3 is 0 Å². The quantitative estimate of drug-likeness (QED) is 0.758. The van der Waals surface area contributed by atoms with Gasteiger partial charge in [-0.25, -0.2) is 19.6 Å². The Hall–Kier alpha value is -2.77. The van der Waals surface area contributed by atoms with E-state index in [9.17, 15) is 4.79 Å². The molecule has 22 heavy (non-hydrogen) atoms. The molecule has 0 aromatic carbocycles. The van der Waals surface area contributed by atoms with Gasteiger partial charge in [-0.05, 0) is 13.0 Å². The maximum absolute atomic E-state index is 11.8. The number of anilines is 1. The predicted molar refractivity (Wildman–Crippen MR) is 80.6 cm³/mol. The Morgan fingerprint density at radius 2 is 1.91 bits per heavy atom. The summed E-state index contributed by atoms with van der Waals surface area (Å²) in [4.78, 5) is 28.2. The molecule has 0 saturated carbocycles. The van der Waals surface area contributed by atoms with Gasteiger partial charge in [0.2, 0.25) is 5.91 Å². The van der Waals surface area contributed by atoms with Crippen molar-refractivity contribution in [3.05, 3.63) is 37.2 Å². The van der Waals surface area contributed by atoms with Crippen LogP contribution in [0.1, 0.15) is 6.92 Å². The minimum atomic E-state index is 0.0631. The number of hydrogen-bond donors (Lipinski definition) is 0. The second-order valence-corrected chi connectivity index (χ2v) is 4.89. The van der Waals surface area contributed by atoms with Crippen molar-refractivity contribution < 1.29 is 4.79 Å². The number of hydrogen-bond acceptors (Lipinski definition) is 6. The largest absolute Gasteiger partial charge is 0.353 e. The molecule has 8 nitrogen and oxygen atoms in total. The summed E-state index contributed by atoms with van der Waals surface area (Å²) in [5.41, 5.74) is 0. The molecule has 1 amide bonds. The minimum Gasteiger partial charge on any atom is -0.353 e. The Morgan fingerprint density at radius 1 is 1.14 bits per heavy atom. The molecular weight excluding hydrogens is 282 g/mol. The summed E-state index contributed by atoms with van der Waals surface area (Å²) < 4.78 is 1.59. The van der Waals surface area contributed by atoms with Gasteiger partial charge in [-0.2, -0.15) is 5.10 Å². The number of aromatic nitrogens is 5. The zero-order valence-electron chi connectivity index (χ0n) is 12.3. The van der Waals surface area contributed by atoms with Gasteiger partial charge in [-0.1, -0.05) is 6.08 Å². The maximum atomic E-state index is 11.8. The standard InChI is InChI=1S/C14H17N7O/c1-2-3-14(22)20-6-4-19(5-7-20)12-8-13(17-10-16-12)21-11-15-9-18-21/h2-3,8-11H,4-7H2,1H3. The summed E-state index contributed by atoms with van der Waals surface area (Å²) in [6.07, 6.45) is 7.95. The Balaban J connectivity index is 1.69. The van der Waals surface area contributed by atoms with E-state index in [0.29, 0.717) is 18.9 Å². The van der Waals surface area contributed by atoms with Gasteiger partial charge in [0.05, 0.1) is 0 Å². The van der Waals surface area contributed by atoms with Gasteiger partial charge in [0.1, 0.15) is 24.8 Å². The molecule has 3 rings (SSSR count). The monoisotopic (exact) mass is 299 g/mol. The van der Waals surface area contributed by atoms with E-state index >= 15 is 0 Å². The lowest BCUT2D eigenvalue weighted by molar-refractivity contribution is -0.126. The van der Waals surface area contributed by atoms with Gasteiger partial charge in [-0.3, -0.25) is 4.79 Å². The van der Waals surface area contributed by atoms with E-state index in [2.05, 4.69) is 25.0 Å². The molecule has 1 fully saturated rings. The zero-order chi connectivity index (χ0) is 15.4. The normalized spacial score (nSPS) is 15.5. The summed E-state index contributed by atoms with van der Waals surface area (Å²) in [5, 5.41) is 4.06. The van der Waals surface area contributed by atoms with Crippen LogP contribution >= 0.6 is 0 Å². The molecule has 0 atom stereocenters. The molecule has 8 heteroatoms. The van der Waals surface area contributed by atoms with Crippen molar-refractivity contribution in [2.45, 2.75) is 6.92 Å². The fraction of sp³-hybridized carbons (Fsp3) is 0.357. The van der Waals surface area contributed by atoms with Crippen molar-refractivity contribution in [1.82, 2.24) is 29.6 Å². The van der Waals surface area contributed by atoms with Crippen LogP contribution < -0.4 is 4.90 Å². The summed E-state index contributed by atoms with van der Waals surface area (Å²) in [6, 6.07) is 1.87. The number of piperazine rings is 1. The van der Waals surface area contributed by atoms with E-state index in [1.165, 1.54) is 12.7 Å². The van der Waals surface area contributed by atoms with Crippen LogP contribution in [0.2, 0.25) is 0 Å². The first-order chi connectivity index (χ1) is 10.8. The van der Waals surface area contributed by atoms with Crippen LogP contribution in [0.5, 0.6) is 0 Å². The second-order valence-electron chi connectivity index (χ2n) is 4.89. The van der Waals surface area contributed by atoms with Gasteiger partial charge < -0.3 is 9.80 Å². The van der Waals surface area contributed by atoms with Crippen LogP contribution in [0.15, 0.2) is 37.2 Å².